The van der Waals surface area contributed by atoms with E-state index in [1.807, 2.05) is 0 Å². The predicted octanol–water partition coefficient (Wildman–Crippen LogP) is 4.29. The van der Waals surface area contributed by atoms with Crippen LogP contribution in [0.2, 0.25) is 0 Å². The lowest BCUT2D eigenvalue weighted by Crippen LogP contribution is -2.39. The molecule has 0 saturated heterocycles. The maximum Gasteiger partial charge on any atom is 0.313 e. The summed E-state index contributed by atoms with van der Waals surface area (Å²) in [7, 11) is 0. The van der Waals surface area contributed by atoms with Gasteiger partial charge in [0.15, 0.2) is 0 Å². The van der Waals surface area contributed by atoms with Gasteiger partial charge in [-0.1, -0.05) is 36.4 Å². The van der Waals surface area contributed by atoms with Crippen LogP contribution in [-0.2, 0) is 17.3 Å². The number of carboxylic acids is 1. The van der Waals surface area contributed by atoms with Crippen molar-refractivity contribution in [3.63, 3.8) is 0 Å². The summed E-state index contributed by atoms with van der Waals surface area (Å²) in [6.45, 7) is 4.18. The van der Waals surface area contributed by atoms with Crippen LogP contribution in [0.4, 0.5) is 24.8 Å². The van der Waals surface area contributed by atoms with Gasteiger partial charge < -0.3 is 15.0 Å². The molecule has 0 saturated carbocycles. The highest BCUT2D eigenvalue weighted by atomic mass is 19.3. The SMILES string of the molecule is Cc1ccc(Nc2nc3c(n2Cc2ccccc2C(C)(F)F)=CCC(C)(C(=O)O)C=3)cc1F. The first-order valence-corrected chi connectivity index (χ1v) is 10.5. The molecule has 3 aromatic rings. The average molecular weight is 455 g/mol. The molecule has 0 fully saturated rings. The zero-order valence-corrected chi connectivity index (χ0v) is 18.5. The molecule has 0 aliphatic heterocycles. The normalized spacial score (nSPS) is 17.6. The Bertz CT molecular complexity index is 1360. The van der Waals surface area contributed by atoms with Gasteiger partial charge in [-0.25, -0.2) is 18.2 Å². The molecule has 1 atom stereocenters. The number of hydrogen-bond donors (Lipinski definition) is 2. The standard InChI is InChI=1S/C25H24F3N3O2/c1-15-8-9-17(12-19(15)26)29-23-30-20-13-24(2,22(32)33)11-10-21(20)31(23)14-16-6-4-5-7-18(16)25(3,27)28/h4-10,12-13H,11,14H2,1-3H3,(H,29,30)(H,32,33). The zero-order valence-electron chi connectivity index (χ0n) is 18.5. The van der Waals surface area contributed by atoms with Crippen LogP contribution < -0.4 is 16.0 Å². The van der Waals surface area contributed by atoms with Gasteiger partial charge in [0, 0.05) is 18.2 Å². The van der Waals surface area contributed by atoms with E-state index >= 15 is 0 Å². The lowest BCUT2D eigenvalue weighted by molar-refractivity contribution is -0.144. The number of aliphatic carboxylic acids is 1. The number of alkyl halides is 2. The molecule has 1 aliphatic carbocycles. The third-order valence-electron chi connectivity index (χ3n) is 5.95. The molecule has 172 valence electrons. The van der Waals surface area contributed by atoms with E-state index in [0.29, 0.717) is 33.5 Å². The van der Waals surface area contributed by atoms with Crippen LogP contribution in [0.1, 0.15) is 37.0 Å². The van der Waals surface area contributed by atoms with Gasteiger partial charge in [-0.15, -0.1) is 0 Å². The van der Waals surface area contributed by atoms with Gasteiger partial charge in [-0.2, -0.15) is 0 Å². The second kappa shape index (κ2) is 8.10. The summed E-state index contributed by atoms with van der Waals surface area (Å²) in [5.41, 5.74) is 0.101. The summed E-state index contributed by atoms with van der Waals surface area (Å²) in [4.78, 5) is 16.3. The van der Waals surface area contributed by atoms with Crippen molar-refractivity contribution in [3.8, 4) is 0 Å². The molecule has 0 spiro atoms. The minimum absolute atomic E-state index is 0.0761. The molecular weight excluding hydrogens is 431 g/mol. The molecule has 0 amide bonds. The molecule has 5 nitrogen and oxygen atoms in total. The number of hydrogen-bond acceptors (Lipinski definition) is 3. The molecular formula is C25H24F3N3O2. The fourth-order valence-electron chi connectivity index (χ4n) is 3.94. The lowest BCUT2D eigenvalue weighted by Gasteiger charge is -2.21. The van der Waals surface area contributed by atoms with Crippen LogP contribution in [0.15, 0.2) is 42.5 Å². The van der Waals surface area contributed by atoms with Crippen LogP contribution in [0.25, 0.3) is 12.2 Å². The fraction of sp³-hybridized carbons (Fsp3) is 0.280. The minimum atomic E-state index is -3.04. The summed E-state index contributed by atoms with van der Waals surface area (Å²) in [6, 6.07) is 10.9. The monoisotopic (exact) mass is 455 g/mol. The van der Waals surface area contributed by atoms with E-state index < -0.39 is 23.1 Å². The zero-order chi connectivity index (χ0) is 24.0. The van der Waals surface area contributed by atoms with Gasteiger partial charge >= 0.3 is 5.97 Å². The second-order valence-electron chi connectivity index (χ2n) is 8.70. The largest absolute Gasteiger partial charge is 0.481 e. The first-order chi connectivity index (χ1) is 15.5. The summed E-state index contributed by atoms with van der Waals surface area (Å²) < 4.78 is 44.3. The third-order valence-corrected chi connectivity index (χ3v) is 5.95. The number of nitrogens with zero attached hydrogens (tertiary/aromatic N) is 2. The first kappa shape index (κ1) is 22.6. The maximum atomic E-state index is 14.2. The number of carbonyl (C=O) groups is 1. The van der Waals surface area contributed by atoms with E-state index in [1.165, 1.54) is 12.1 Å². The predicted molar refractivity (Wildman–Crippen MR) is 120 cm³/mol. The quantitative estimate of drug-likeness (QED) is 0.582. The average Bonchev–Trinajstić information content (AvgIpc) is 3.06. The van der Waals surface area contributed by atoms with Crippen LogP contribution in [0, 0.1) is 18.2 Å². The van der Waals surface area contributed by atoms with Crippen molar-refractivity contribution in [1.82, 2.24) is 9.55 Å². The number of fused-ring (bicyclic) bond motifs is 1. The Balaban J connectivity index is 1.87. The molecule has 1 aromatic heterocycles. The minimum Gasteiger partial charge on any atom is -0.481 e. The first-order valence-electron chi connectivity index (χ1n) is 10.5. The molecule has 1 heterocycles. The van der Waals surface area contributed by atoms with E-state index in [-0.39, 0.29) is 18.5 Å². The number of aryl methyl sites for hydroxylation is 1. The van der Waals surface area contributed by atoms with E-state index in [0.717, 1.165) is 6.92 Å². The van der Waals surface area contributed by atoms with Gasteiger partial charge in [-0.05, 0) is 49.6 Å². The summed E-state index contributed by atoms with van der Waals surface area (Å²) in [5, 5.41) is 13.8. The highest BCUT2D eigenvalue weighted by Gasteiger charge is 2.33. The van der Waals surface area contributed by atoms with Crippen molar-refractivity contribution in [2.24, 2.45) is 5.41 Å². The molecule has 33 heavy (non-hydrogen) atoms. The molecule has 2 N–H and O–H groups in total. The number of benzene rings is 2. The highest BCUT2D eigenvalue weighted by molar-refractivity contribution is 5.83. The smallest absolute Gasteiger partial charge is 0.313 e. The Hall–Kier alpha value is -3.55. The Kier molecular flexibility index (Phi) is 5.56. The summed E-state index contributed by atoms with van der Waals surface area (Å²) in [5.74, 6) is -4.11. The Labute approximate surface area is 188 Å². The molecule has 2 aromatic carbocycles. The summed E-state index contributed by atoms with van der Waals surface area (Å²) in [6.07, 6.45) is 3.55. The van der Waals surface area contributed by atoms with Crippen molar-refractivity contribution < 1.29 is 23.1 Å². The van der Waals surface area contributed by atoms with Crippen molar-refractivity contribution in [2.75, 3.05) is 5.32 Å². The highest BCUT2D eigenvalue weighted by Crippen LogP contribution is 2.31. The van der Waals surface area contributed by atoms with E-state index in [9.17, 15) is 23.1 Å². The second-order valence-corrected chi connectivity index (χ2v) is 8.70. The number of imidazole rings is 1. The number of carboxylic acid groups (broad SMARTS) is 1. The molecule has 8 heteroatoms. The van der Waals surface area contributed by atoms with Crippen LogP contribution >= 0.6 is 0 Å². The summed E-state index contributed by atoms with van der Waals surface area (Å²) >= 11 is 0. The number of halogens is 3. The van der Waals surface area contributed by atoms with Crippen molar-refractivity contribution >= 4 is 29.8 Å². The Morgan fingerprint density at radius 3 is 2.67 bits per heavy atom. The van der Waals surface area contributed by atoms with Crippen molar-refractivity contribution in [2.45, 2.75) is 39.7 Å². The molecule has 4 rings (SSSR count). The molecule has 1 unspecified atom stereocenters. The van der Waals surface area contributed by atoms with Crippen LogP contribution in [0.5, 0.6) is 0 Å². The van der Waals surface area contributed by atoms with Gasteiger partial charge in [0.25, 0.3) is 5.92 Å². The Morgan fingerprint density at radius 1 is 1.27 bits per heavy atom. The number of rotatable bonds is 6. The number of nitrogens with one attached hydrogen (secondary N) is 1. The van der Waals surface area contributed by atoms with E-state index in [2.05, 4.69) is 10.3 Å². The van der Waals surface area contributed by atoms with E-state index in [4.69, 9.17) is 0 Å². The van der Waals surface area contributed by atoms with Crippen LogP contribution in [0.3, 0.4) is 0 Å². The van der Waals surface area contributed by atoms with Gasteiger partial charge in [-0.3, -0.25) is 4.79 Å². The van der Waals surface area contributed by atoms with Crippen LogP contribution in [-0.4, -0.2) is 20.6 Å². The van der Waals surface area contributed by atoms with Crippen molar-refractivity contribution in [3.05, 3.63) is 75.7 Å². The fourth-order valence-corrected chi connectivity index (χ4v) is 3.94. The van der Waals surface area contributed by atoms with Gasteiger partial charge in [0.1, 0.15) is 5.82 Å². The van der Waals surface area contributed by atoms with Gasteiger partial charge in [0.05, 0.1) is 22.7 Å². The maximum absolute atomic E-state index is 14.2. The van der Waals surface area contributed by atoms with Crippen molar-refractivity contribution in [1.29, 1.82) is 0 Å². The molecule has 0 radical (unpaired) electrons. The van der Waals surface area contributed by atoms with Gasteiger partial charge in [0.2, 0.25) is 5.95 Å². The Morgan fingerprint density at radius 2 is 2.00 bits per heavy atom. The topological polar surface area (TPSA) is 67.2 Å². The number of anilines is 2. The molecule has 0 bridgehead atoms. The number of aromatic nitrogens is 2. The third kappa shape index (κ3) is 4.37. The lowest BCUT2D eigenvalue weighted by atomic mass is 9.84. The molecule has 1 aliphatic rings. The van der Waals surface area contributed by atoms with E-state index in [1.54, 1.807) is 60.9 Å².